The molecule has 0 spiro atoms. The molecule has 0 amide bonds. The van der Waals surface area contributed by atoms with Gasteiger partial charge in [-0.05, 0) is 23.3 Å². The van der Waals surface area contributed by atoms with Crippen LogP contribution in [0.5, 0.6) is 0 Å². The van der Waals surface area contributed by atoms with Crippen LogP contribution in [0.25, 0.3) is 0 Å². The van der Waals surface area contributed by atoms with Crippen LogP contribution in [0.3, 0.4) is 0 Å². The lowest BCUT2D eigenvalue weighted by molar-refractivity contribution is 0.538. The third-order valence-electron chi connectivity index (χ3n) is 3.68. The topological polar surface area (TPSA) is 49.4 Å². The Labute approximate surface area is 118 Å². The van der Waals surface area contributed by atoms with E-state index >= 15 is 0 Å². The summed E-state index contributed by atoms with van der Waals surface area (Å²) in [7, 11) is 0. The third-order valence-corrected chi connectivity index (χ3v) is 3.68. The van der Waals surface area contributed by atoms with Gasteiger partial charge in [0, 0.05) is 0 Å². The molecular formula is C15H30N4. The summed E-state index contributed by atoms with van der Waals surface area (Å²) < 4.78 is 0. The molecule has 110 valence electrons. The number of hydrogen-bond acceptors (Lipinski definition) is 4. The quantitative estimate of drug-likeness (QED) is 0.525. The second-order valence-electron chi connectivity index (χ2n) is 5.51. The van der Waals surface area contributed by atoms with E-state index < -0.39 is 0 Å². The summed E-state index contributed by atoms with van der Waals surface area (Å²) in [6.45, 7) is 1.61. The Morgan fingerprint density at radius 2 is 0.579 bits per heavy atom. The van der Waals surface area contributed by atoms with Crippen LogP contribution in [0.4, 0.5) is 0 Å². The largest absolute Gasteiger partial charge is 0.167 e. The van der Waals surface area contributed by atoms with Crippen LogP contribution < -0.4 is 0 Å². The highest BCUT2D eigenvalue weighted by Crippen LogP contribution is 2.12. The molecule has 0 fully saturated rings. The summed E-state index contributed by atoms with van der Waals surface area (Å²) in [5.41, 5.74) is 0. The highest BCUT2D eigenvalue weighted by Gasteiger charge is 1.94. The average molecular weight is 266 g/mol. The fraction of sp³-hybridized carbons (Fsp3) is 1.00. The third kappa shape index (κ3) is 12.0. The van der Waals surface area contributed by atoms with Gasteiger partial charge in [-0.15, -0.1) is 0 Å². The number of hydrogen-bond donors (Lipinski definition) is 0. The zero-order valence-corrected chi connectivity index (χ0v) is 12.4. The van der Waals surface area contributed by atoms with E-state index in [0.29, 0.717) is 0 Å². The first-order valence-corrected chi connectivity index (χ1v) is 8.23. The van der Waals surface area contributed by atoms with E-state index in [-0.39, 0.29) is 0 Å². The Hall–Kier alpha value is -0.800. The fourth-order valence-corrected chi connectivity index (χ4v) is 2.46. The lowest BCUT2D eigenvalue weighted by Crippen LogP contribution is -1.84. The van der Waals surface area contributed by atoms with E-state index in [4.69, 9.17) is 0 Å². The predicted molar refractivity (Wildman–Crippen MR) is 79.5 cm³/mol. The van der Waals surface area contributed by atoms with Gasteiger partial charge in [-0.25, -0.2) is 0 Å². The molecular weight excluding hydrogens is 236 g/mol. The molecule has 1 heterocycles. The summed E-state index contributed by atoms with van der Waals surface area (Å²) in [4.78, 5) is 0. The summed E-state index contributed by atoms with van der Waals surface area (Å²) in [5, 5.41) is 15.5. The van der Waals surface area contributed by atoms with Crippen molar-refractivity contribution in [1.82, 2.24) is 0 Å². The molecule has 1 aliphatic rings. The molecule has 0 aliphatic carbocycles. The summed E-state index contributed by atoms with van der Waals surface area (Å²) >= 11 is 0. The van der Waals surface area contributed by atoms with E-state index in [2.05, 4.69) is 20.7 Å². The Morgan fingerprint density at radius 3 is 0.895 bits per heavy atom. The van der Waals surface area contributed by atoms with E-state index in [1.54, 1.807) is 0 Å². The first-order chi connectivity index (χ1) is 9.50. The zero-order chi connectivity index (χ0) is 13.4. The minimum Gasteiger partial charge on any atom is -0.167 e. The van der Waals surface area contributed by atoms with Gasteiger partial charge in [-0.3, -0.25) is 0 Å². The molecule has 0 radical (unpaired) electrons. The van der Waals surface area contributed by atoms with Gasteiger partial charge in [0.15, 0.2) is 0 Å². The van der Waals surface area contributed by atoms with E-state index in [1.807, 2.05) is 0 Å². The molecule has 0 saturated heterocycles. The predicted octanol–water partition coefficient (Wildman–Crippen LogP) is 5.89. The molecule has 0 aromatic heterocycles. The molecule has 0 aromatic rings. The van der Waals surface area contributed by atoms with Crippen molar-refractivity contribution in [2.24, 2.45) is 20.7 Å². The molecule has 4 nitrogen and oxygen atoms in total. The Bertz CT molecular complexity index is 214. The summed E-state index contributed by atoms with van der Waals surface area (Å²) in [6, 6.07) is 0. The van der Waals surface area contributed by atoms with Crippen molar-refractivity contribution in [2.45, 2.75) is 83.5 Å². The minimum absolute atomic E-state index is 0.805. The maximum atomic E-state index is 4.01. The van der Waals surface area contributed by atoms with Gasteiger partial charge in [-0.2, -0.15) is 10.2 Å². The highest BCUT2D eigenvalue weighted by atomic mass is 15.5. The van der Waals surface area contributed by atoms with Crippen LogP contribution in [0.2, 0.25) is 0 Å². The first-order valence-electron chi connectivity index (χ1n) is 8.23. The highest BCUT2D eigenvalue weighted by molar-refractivity contribution is 4.50. The van der Waals surface area contributed by atoms with Crippen molar-refractivity contribution >= 4 is 0 Å². The first kappa shape index (κ1) is 16.3. The van der Waals surface area contributed by atoms with Gasteiger partial charge in [0.25, 0.3) is 0 Å². The van der Waals surface area contributed by atoms with Crippen LogP contribution in [0, 0.1) is 0 Å². The Kier molecular flexibility index (Phi) is 11.7. The van der Waals surface area contributed by atoms with Gasteiger partial charge in [0.1, 0.15) is 0 Å². The van der Waals surface area contributed by atoms with E-state index in [0.717, 1.165) is 25.9 Å². The average Bonchev–Trinajstić information content (AvgIpc) is 2.43. The maximum absolute atomic E-state index is 4.01. The number of nitrogens with zero attached hydrogens (tertiary/aromatic N) is 4. The molecule has 0 bridgehead atoms. The molecule has 19 heavy (non-hydrogen) atoms. The number of rotatable bonds is 0. The van der Waals surface area contributed by atoms with Crippen LogP contribution in [0.15, 0.2) is 20.7 Å². The van der Waals surface area contributed by atoms with E-state index in [9.17, 15) is 0 Å². The van der Waals surface area contributed by atoms with Crippen LogP contribution >= 0.6 is 0 Å². The lowest BCUT2D eigenvalue weighted by atomic mass is 10.0. The van der Waals surface area contributed by atoms with Crippen molar-refractivity contribution < 1.29 is 0 Å². The van der Waals surface area contributed by atoms with Crippen molar-refractivity contribution in [3.05, 3.63) is 0 Å². The second kappa shape index (κ2) is 13.6. The standard InChI is InChI=1S/C15H30N4/c1-2-4-6-8-10-12-14-16-18-19-17-15-13-11-9-7-5-3-1/h1-15H2. The zero-order valence-electron chi connectivity index (χ0n) is 12.4. The van der Waals surface area contributed by atoms with Crippen molar-refractivity contribution in [2.75, 3.05) is 13.1 Å². The molecule has 0 saturated carbocycles. The molecule has 0 atom stereocenters. The van der Waals surface area contributed by atoms with Gasteiger partial charge >= 0.3 is 0 Å². The smallest absolute Gasteiger partial charge is 0.0621 e. The van der Waals surface area contributed by atoms with Gasteiger partial charge in [-0.1, -0.05) is 70.6 Å². The minimum atomic E-state index is 0.805. The van der Waals surface area contributed by atoms with Crippen molar-refractivity contribution in [3.63, 3.8) is 0 Å². The monoisotopic (exact) mass is 266 g/mol. The molecule has 1 aliphatic heterocycles. The van der Waals surface area contributed by atoms with Gasteiger partial charge in [0.05, 0.1) is 13.1 Å². The fourth-order valence-electron chi connectivity index (χ4n) is 2.46. The van der Waals surface area contributed by atoms with Gasteiger partial charge in [0.2, 0.25) is 0 Å². The molecule has 0 N–H and O–H groups in total. The summed E-state index contributed by atoms with van der Waals surface area (Å²) in [5.74, 6) is 0. The van der Waals surface area contributed by atoms with E-state index in [1.165, 1.54) is 70.6 Å². The molecule has 0 aromatic carbocycles. The SMILES string of the molecule is C1CCCCCCCN=NN=NCCCCCCC1. The molecule has 0 unspecified atom stereocenters. The molecule has 4 heteroatoms. The molecule has 1 rings (SSSR count). The Morgan fingerprint density at radius 1 is 0.316 bits per heavy atom. The maximum Gasteiger partial charge on any atom is 0.0621 e. The lowest BCUT2D eigenvalue weighted by Gasteiger charge is -2.02. The second-order valence-corrected chi connectivity index (χ2v) is 5.51. The summed E-state index contributed by atoms with van der Waals surface area (Å²) in [6.07, 6.45) is 17.4. The van der Waals surface area contributed by atoms with Crippen molar-refractivity contribution in [1.29, 1.82) is 0 Å². The van der Waals surface area contributed by atoms with Crippen LogP contribution in [0.1, 0.15) is 83.5 Å². The Balaban J connectivity index is 2.12. The van der Waals surface area contributed by atoms with Crippen LogP contribution in [-0.2, 0) is 0 Å². The normalized spacial score (nSPS) is 22.3. The van der Waals surface area contributed by atoms with Gasteiger partial charge < -0.3 is 0 Å². The van der Waals surface area contributed by atoms with Crippen molar-refractivity contribution in [3.8, 4) is 0 Å². The van der Waals surface area contributed by atoms with Crippen LogP contribution in [-0.4, -0.2) is 13.1 Å².